The van der Waals surface area contributed by atoms with Crippen molar-refractivity contribution in [3.05, 3.63) is 46.1 Å². The van der Waals surface area contributed by atoms with Gasteiger partial charge in [-0.2, -0.15) is 0 Å². The summed E-state index contributed by atoms with van der Waals surface area (Å²) < 4.78 is 11.4. The van der Waals surface area contributed by atoms with Gasteiger partial charge >= 0.3 is 0 Å². The molecule has 0 fully saturated rings. The number of aromatic nitrogens is 2. The molecule has 2 N–H and O–H groups in total. The zero-order valence-electron chi connectivity index (χ0n) is 13.6. The molecular formula is C17H15N3O4S2. The second-order valence-electron chi connectivity index (χ2n) is 5.60. The third-order valence-electron chi connectivity index (χ3n) is 3.75. The summed E-state index contributed by atoms with van der Waals surface area (Å²) in [5, 5.41) is 5.64. The number of nitrogens with zero attached hydrogens (tertiary/aromatic N) is 1. The van der Waals surface area contributed by atoms with Gasteiger partial charge in [0.25, 0.3) is 5.56 Å². The largest absolute Gasteiger partial charge is 0.486 e. The van der Waals surface area contributed by atoms with Gasteiger partial charge in [0.1, 0.15) is 17.5 Å². The Labute approximate surface area is 156 Å². The highest BCUT2D eigenvalue weighted by Crippen LogP contribution is 2.30. The monoisotopic (exact) mass is 389 g/mol. The van der Waals surface area contributed by atoms with E-state index in [2.05, 4.69) is 15.3 Å². The fourth-order valence-corrected chi connectivity index (χ4v) is 4.00. The molecule has 1 amide bonds. The van der Waals surface area contributed by atoms with Crippen LogP contribution in [0.15, 0.2) is 45.7 Å². The van der Waals surface area contributed by atoms with Crippen molar-refractivity contribution in [2.24, 2.45) is 0 Å². The molecule has 1 aliphatic rings. The number of rotatable bonds is 5. The Morgan fingerprint density at radius 2 is 2.19 bits per heavy atom. The van der Waals surface area contributed by atoms with Crippen molar-refractivity contribution in [3.8, 4) is 11.5 Å². The molecular weight excluding hydrogens is 374 g/mol. The Balaban J connectivity index is 1.28. The fourth-order valence-electron chi connectivity index (χ4n) is 2.49. The number of amides is 1. The average Bonchev–Trinajstić information content (AvgIpc) is 3.14. The zero-order chi connectivity index (χ0) is 17.9. The second kappa shape index (κ2) is 7.38. The minimum Gasteiger partial charge on any atom is -0.486 e. The number of H-pyrrole nitrogens is 1. The van der Waals surface area contributed by atoms with Crippen LogP contribution in [0.1, 0.15) is 0 Å². The molecule has 0 radical (unpaired) electrons. The molecule has 1 unspecified atom stereocenters. The number of carbonyl (C=O) groups is 1. The number of hydrogen-bond acceptors (Lipinski definition) is 7. The van der Waals surface area contributed by atoms with E-state index in [1.807, 2.05) is 29.6 Å². The molecule has 9 heteroatoms. The van der Waals surface area contributed by atoms with E-state index in [0.717, 1.165) is 0 Å². The minimum atomic E-state index is -0.237. The first-order chi connectivity index (χ1) is 12.7. The van der Waals surface area contributed by atoms with E-state index in [1.54, 1.807) is 6.07 Å². The Bertz CT molecular complexity index is 1000. The summed E-state index contributed by atoms with van der Waals surface area (Å²) in [7, 11) is 0. The minimum absolute atomic E-state index is 0.157. The van der Waals surface area contributed by atoms with E-state index in [9.17, 15) is 9.59 Å². The molecule has 0 saturated heterocycles. The van der Waals surface area contributed by atoms with E-state index in [-0.39, 0.29) is 23.3 Å². The van der Waals surface area contributed by atoms with E-state index in [0.29, 0.717) is 40.0 Å². The lowest BCUT2D eigenvalue weighted by molar-refractivity contribution is -0.119. The van der Waals surface area contributed by atoms with Crippen LogP contribution in [0.2, 0.25) is 0 Å². The quantitative estimate of drug-likeness (QED) is 0.512. The number of para-hydroxylation sites is 2. The summed E-state index contributed by atoms with van der Waals surface area (Å²) in [6.45, 7) is 0.732. The highest BCUT2D eigenvalue weighted by molar-refractivity contribution is 7.99. The standard InChI is InChI=1S/C17H15N3O4S2/c21-14(9-26-17-19-15(22)11-5-6-25-16(11)20-17)18-7-10-8-23-12-3-1-2-4-13(12)24-10/h1-6,10H,7-9H2,(H,18,21)(H,19,20,22). The maximum atomic E-state index is 12.1. The number of nitrogens with one attached hydrogen (secondary N) is 2. The topological polar surface area (TPSA) is 93.3 Å². The van der Waals surface area contributed by atoms with Gasteiger partial charge in [0.15, 0.2) is 16.7 Å². The first-order valence-corrected chi connectivity index (χ1v) is 9.81. The SMILES string of the molecule is O=C(CSc1nc2sccc2c(=O)[nH]1)NCC1COc2ccccc2O1. The molecule has 3 heterocycles. The van der Waals surface area contributed by atoms with Crippen LogP contribution in [0.5, 0.6) is 11.5 Å². The molecule has 1 aromatic carbocycles. The van der Waals surface area contributed by atoms with Gasteiger partial charge in [-0.15, -0.1) is 11.3 Å². The van der Waals surface area contributed by atoms with E-state index in [4.69, 9.17) is 9.47 Å². The highest BCUT2D eigenvalue weighted by Gasteiger charge is 2.21. The lowest BCUT2D eigenvalue weighted by Gasteiger charge is -2.26. The number of hydrogen-bond donors (Lipinski definition) is 2. The van der Waals surface area contributed by atoms with Gasteiger partial charge < -0.3 is 19.8 Å². The Morgan fingerprint density at radius 3 is 3.08 bits per heavy atom. The van der Waals surface area contributed by atoms with Crippen LogP contribution >= 0.6 is 23.1 Å². The highest BCUT2D eigenvalue weighted by atomic mass is 32.2. The summed E-state index contributed by atoms with van der Waals surface area (Å²) in [5.74, 6) is 1.39. The van der Waals surface area contributed by atoms with Crippen molar-refractivity contribution in [2.45, 2.75) is 11.3 Å². The molecule has 3 aromatic rings. The van der Waals surface area contributed by atoms with Crippen LogP contribution < -0.4 is 20.3 Å². The summed E-state index contributed by atoms with van der Waals surface area (Å²) >= 11 is 2.59. The van der Waals surface area contributed by atoms with Gasteiger partial charge in [-0.05, 0) is 23.6 Å². The number of benzene rings is 1. The van der Waals surface area contributed by atoms with E-state index in [1.165, 1.54) is 23.1 Å². The normalized spacial score (nSPS) is 15.8. The van der Waals surface area contributed by atoms with Crippen molar-refractivity contribution < 1.29 is 14.3 Å². The van der Waals surface area contributed by atoms with Crippen LogP contribution in [0.4, 0.5) is 0 Å². The summed E-state index contributed by atoms with van der Waals surface area (Å²) in [6, 6.07) is 9.17. The second-order valence-corrected chi connectivity index (χ2v) is 7.46. The number of aromatic amines is 1. The van der Waals surface area contributed by atoms with Crippen molar-refractivity contribution >= 4 is 39.2 Å². The molecule has 134 valence electrons. The van der Waals surface area contributed by atoms with Crippen molar-refractivity contribution in [2.75, 3.05) is 18.9 Å². The predicted molar refractivity (Wildman–Crippen MR) is 100 cm³/mol. The molecule has 26 heavy (non-hydrogen) atoms. The van der Waals surface area contributed by atoms with Crippen LogP contribution in [0, 0.1) is 0 Å². The maximum absolute atomic E-state index is 12.1. The Kier molecular flexibility index (Phi) is 4.81. The van der Waals surface area contributed by atoms with Gasteiger partial charge in [-0.1, -0.05) is 23.9 Å². The predicted octanol–water partition coefficient (Wildman–Crippen LogP) is 2.03. The molecule has 0 saturated carbocycles. The zero-order valence-corrected chi connectivity index (χ0v) is 15.2. The number of fused-ring (bicyclic) bond motifs is 2. The summed E-state index contributed by atoms with van der Waals surface area (Å²) in [5.41, 5.74) is -0.189. The van der Waals surface area contributed by atoms with E-state index < -0.39 is 0 Å². The number of thioether (sulfide) groups is 1. The van der Waals surface area contributed by atoms with Gasteiger partial charge in [0.05, 0.1) is 17.7 Å². The lowest BCUT2D eigenvalue weighted by atomic mass is 10.2. The lowest BCUT2D eigenvalue weighted by Crippen LogP contribution is -2.41. The molecule has 2 aromatic heterocycles. The molecule has 0 bridgehead atoms. The summed E-state index contributed by atoms with van der Waals surface area (Å²) in [4.78, 5) is 31.7. The van der Waals surface area contributed by atoms with E-state index >= 15 is 0 Å². The summed E-state index contributed by atoms with van der Waals surface area (Å²) in [6.07, 6.45) is -0.237. The Hall–Kier alpha value is -2.52. The van der Waals surface area contributed by atoms with Crippen molar-refractivity contribution in [1.82, 2.24) is 15.3 Å². The molecule has 7 nitrogen and oxygen atoms in total. The molecule has 1 atom stereocenters. The van der Waals surface area contributed by atoms with Gasteiger partial charge in [-0.25, -0.2) is 4.98 Å². The third kappa shape index (κ3) is 3.68. The van der Waals surface area contributed by atoms with Crippen LogP contribution in [-0.2, 0) is 4.79 Å². The number of carbonyl (C=O) groups excluding carboxylic acids is 1. The van der Waals surface area contributed by atoms with Gasteiger partial charge in [0.2, 0.25) is 5.91 Å². The average molecular weight is 389 g/mol. The van der Waals surface area contributed by atoms with Crippen LogP contribution in [0.25, 0.3) is 10.2 Å². The fraction of sp³-hybridized carbons (Fsp3) is 0.235. The van der Waals surface area contributed by atoms with Crippen LogP contribution in [-0.4, -0.2) is 40.9 Å². The van der Waals surface area contributed by atoms with Crippen molar-refractivity contribution in [3.63, 3.8) is 0 Å². The van der Waals surface area contributed by atoms with Gasteiger partial charge in [0, 0.05) is 0 Å². The van der Waals surface area contributed by atoms with Crippen LogP contribution in [0.3, 0.4) is 0 Å². The molecule has 1 aliphatic heterocycles. The molecule has 4 rings (SSSR count). The Morgan fingerprint density at radius 1 is 1.35 bits per heavy atom. The maximum Gasteiger partial charge on any atom is 0.260 e. The molecule has 0 spiro atoms. The first-order valence-electron chi connectivity index (χ1n) is 7.94. The van der Waals surface area contributed by atoms with Crippen molar-refractivity contribution in [1.29, 1.82) is 0 Å². The smallest absolute Gasteiger partial charge is 0.260 e. The first kappa shape index (κ1) is 16.9. The third-order valence-corrected chi connectivity index (χ3v) is 5.43. The number of ether oxygens (including phenoxy) is 2. The molecule has 0 aliphatic carbocycles. The van der Waals surface area contributed by atoms with Gasteiger partial charge in [-0.3, -0.25) is 9.59 Å². The number of thiophene rings is 1.